The van der Waals surface area contributed by atoms with Crippen LogP contribution in [-0.2, 0) is 15.4 Å². The van der Waals surface area contributed by atoms with Crippen LogP contribution in [0.3, 0.4) is 0 Å². The van der Waals surface area contributed by atoms with Gasteiger partial charge in [-0.3, -0.25) is 4.79 Å². The van der Waals surface area contributed by atoms with Gasteiger partial charge in [0.25, 0.3) is 15.9 Å². The van der Waals surface area contributed by atoms with E-state index in [0.717, 1.165) is 8.79 Å². The number of thiazole rings is 1. The molecule has 10 heteroatoms. The number of halogens is 1. The molecular formula is C16H20BrN3O3S3. The lowest BCUT2D eigenvalue weighted by molar-refractivity contribution is 0.0702. The van der Waals surface area contributed by atoms with Crippen molar-refractivity contribution in [2.24, 2.45) is 0 Å². The molecule has 2 aromatic heterocycles. The van der Waals surface area contributed by atoms with Crippen LogP contribution in [-0.4, -0.2) is 54.7 Å². The Balaban J connectivity index is 1.67. The van der Waals surface area contributed by atoms with Crippen molar-refractivity contribution >= 4 is 54.5 Å². The Bertz CT molecular complexity index is 907. The number of carbonyl (C=O) groups excluding carboxylic acids is 1. The van der Waals surface area contributed by atoms with Crippen LogP contribution in [0.25, 0.3) is 0 Å². The summed E-state index contributed by atoms with van der Waals surface area (Å²) in [6, 6.07) is 3.33. The summed E-state index contributed by atoms with van der Waals surface area (Å²) in [5, 5.41) is 0.922. The fourth-order valence-electron chi connectivity index (χ4n) is 2.57. The average molecular weight is 478 g/mol. The molecule has 1 amide bonds. The van der Waals surface area contributed by atoms with E-state index in [4.69, 9.17) is 0 Å². The first-order chi connectivity index (χ1) is 12.1. The van der Waals surface area contributed by atoms with Gasteiger partial charge in [0.15, 0.2) is 0 Å². The molecule has 1 saturated heterocycles. The number of piperazine rings is 1. The molecule has 142 valence electrons. The normalized spacial score (nSPS) is 16.8. The van der Waals surface area contributed by atoms with Gasteiger partial charge in [0.2, 0.25) is 0 Å². The topological polar surface area (TPSA) is 70.6 Å². The van der Waals surface area contributed by atoms with E-state index in [0.29, 0.717) is 35.3 Å². The maximum atomic E-state index is 12.7. The Morgan fingerprint density at radius 1 is 1.15 bits per heavy atom. The van der Waals surface area contributed by atoms with Crippen molar-refractivity contribution in [3.8, 4) is 0 Å². The molecule has 26 heavy (non-hydrogen) atoms. The predicted molar refractivity (Wildman–Crippen MR) is 107 cm³/mol. The van der Waals surface area contributed by atoms with Crippen LogP contribution in [0.1, 0.15) is 35.5 Å². The number of hydrogen-bond donors (Lipinski definition) is 0. The van der Waals surface area contributed by atoms with Gasteiger partial charge in [-0.1, -0.05) is 20.8 Å². The predicted octanol–water partition coefficient (Wildman–Crippen LogP) is 3.41. The van der Waals surface area contributed by atoms with E-state index >= 15 is 0 Å². The number of hydrogen-bond acceptors (Lipinski definition) is 6. The second kappa shape index (κ2) is 7.31. The first kappa shape index (κ1) is 19.9. The highest BCUT2D eigenvalue weighted by Crippen LogP contribution is 2.30. The van der Waals surface area contributed by atoms with Gasteiger partial charge in [0, 0.05) is 31.6 Å². The van der Waals surface area contributed by atoms with Crippen LogP contribution in [0.15, 0.2) is 26.3 Å². The van der Waals surface area contributed by atoms with E-state index in [9.17, 15) is 13.2 Å². The molecule has 0 saturated carbocycles. The number of rotatable bonds is 3. The molecule has 0 aromatic carbocycles. The SMILES string of the molecule is CC(C)(C)c1ncc(C(=O)N2CCN(S(=O)(=O)c3ccc(Br)s3)CC2)s1. The van der Waals surface area contributed by atoms with Crippen LogP contribution in [0, 0.1) is 0 Å². The molecule has 1 aliphatic heterocycles. The summed E-state index contributed by atoms with van der Waals surface area (Å²) in [5.74, 6) is -0.0751. The second-order valence-corrected chi connectivity index (χ2v) is 12.7. The summed E-state index contributed by atoms with van der Waals surface area (Å²) in [5.41, 5.74) is -0.0923. The summed E-state index contributed by atoms with van der Waals surface area (Å²) < 4.78 is 27.9. The molecule has 0 unspecified atom stereocenters. The number of thiophene rings is 1. The summed E-state index contributed by atoms with van der Waals surface area (Å²) in [4.78, 5) is 19.4. The third-order valence-corrected chi connectivity index (χ3v) is 9.43. The number of nitrogens with zero attached hydrogens (tertiary/aromatic N) is 3. The molecule has 2 aromatic rings. The number of sulfonamides is 1. The van der Waals surface area contributed by atoms with E-state index in [1.165, 1.54) is 27.0 Å². The minimum absolute atomic E-state index is 0.0751. The standard InChI is InChI=1S/C16H20BrN3O3S3/c1-16(2,3)15-18-10-11(24-15)14(21)19-6-8-20(9-7-19)26(22,23)13-5-4-12(17)25-13/h4-5,10H,6-9H2,1-3H3. The molecule has 3 rings (SSSR count). The van der Waals surface area contributed by atoms with Crippen LogP contribution in [0.5, 0.6) is 0 Å². The molecule has 0 atom stereocenters. The van der Waals surface area contributed by atoms with Crippen molar-refractivity contribution in [1.82, 2.24) is 14.2 Å². The maximum absolute atomic E-state index is 12.7. The molecule has 0 bridgehead atoms. The van der Waals surface area contributed by atoms with Gasteiger partial charge in [-0.2, -0.15) is 4.31 Å². The monoisotopic (exact) mass is 477 g/mol. The Hall–Kier alpha value is -0.810. The number of aromatic nitrogens is 1. The first-order valence-electron chi connectivity index (χ1n) is 8.10. The average Bonchev–Trinajstić information content (AvgIpc) is 3.23. The molecule has 1 fully saturated rings. The van der Waals surface area contributed by atoms with Crippen molar-refractivity contribution < 1.29 is 13.2 Å². The third kappa shape index (κ3) is 4.04. The van der Waals surface area contributed by atoms with E-state index in [2.05, 4.69) is 41.7 Å². The maximum Gasteiger partial charge on any atom is 0.265 e. The van der Waals surface area contributed by atoms with Crippen LogP contribution >= 0.6 is 38.6 Å². The molecular weight excluding hydrogens is 458 g/mol. The Labute approximate surface area is 170 Å². The fourth-order valence-corrected chi connectivity index (χ4v) is 7.10. The largest absolute Gasteiger partial charge is 0.335 e. The molecule has 0 radical (unpaired) electrons. The minimum Gasteiger partial charge on any atom is -0.335 e. The lowest BCUT2D eigenvalue weighted by Crippen LogP contribution is -2.50. The van der Waals surface area contributed by atoms with Gasteiger partial charge in [0.1, 0.15) is 9.09 Å². The van der Waals surface area contributed by atoms with Gasteiger partial charge in [0.05, 0.1) is 15.0 Å². The summed E-state index contributed by atoms with van der Waals surface area (Å²) >= 11 is 5.90. The van der Waals surface area contributed by atoms with Crippen LogP contribution in [0.4, 0.5) is 0 Å². The second-order valence-electron chi connectivity index (χ2n) is 7.03. The van der Waals surface area contributed by atoms with Gasteiger partial charge >= 0.3 is 0 Å². The smallest absolute Gasteiger partial charge is 0.265 e. The number of amides is 1. The van der Waals surface area contributed by atoms with Crippen molar-refractivity contribution in [3.63, 3.8) is 0 Å². The van der Waals surface area contributed by atoms with Crippen molar-refractivity contribution in [3.05, 3.63) is 32.0 Å². The zero-order valence-corrected chi connectivity index (χ0v) is 18.8. The van der Waals surface area contributed by atoms with E-state index in [-0.39, 0.29) is 11.3 Å². The van der Waals surface area contributed by atoms with Crippen molar-refractivity contribution in [1.29, 1.82) is 0 Å². The Kier molecular flexibility index (Phi) is 5.60. The van der Waals surface area contributed by atoms with E-state index < -0.39 is 10.0 Å². The molecule has 3 heterocycles. The highest BCUT2D eigenvalue weighted by molar-refractivity contribution is 9.11. The van der Waals surface area contributed by atoms with Gasteiger partial charge in [-0.25, -0.2) is 13.4 Å². The molecule has 1 aliphatic rings. The lowest BCUT2D eigenvalue weighted by Gasteiger charge is -2.33. The minimum atomic E-state index is -3.50. The number of carbonyl (C=O) groups is 1. The summed E-state index contributed by atoms with van der Waals surface area (Å²) in [7, 11) is -3.50. The highest BCUT2D eigenvalue weighted by atomic mass is 79.9. The fraction of sp³-hybridized carbons (Fsp3) is 0.500. The van der Waals surface area contributed by atoms with Gasteiger partial charge in [-0.05, 0) is 28.1 Å². The zero-order chi connectivity index (χ0) is 19.1. The van der Waals surface area contributed by atoms with Gasteiger partial charge < -0.3 is 4.90 Å². The zero-order valence-electron chi connectivity index (χ0n) is 14.7. The van der Waals surface area contributed by atoms with Crippen LogP contribution in [0.2, 0.25) is 0 Å². The van der Waals surface area contributed by atoms with Gasteiger partial charge in [-0.15, -0.1) is 22.7 Å². The Morgan fingerprint density at radius 2 is 1.81 bits per heavy atom. The van der Waals surface area contributed by atoms with Crippen LogP contribution < -0.4 is 0 Å². The van der Waals surface area contributed by atoms with E-state index in [1.54, 1.807) is 23.2 Å². The van der Waals surface area contributed by atoms with Crippen molar-refractivity contribution in [2.45, 2.75) is 30.4 Å². The lowest BCUT2D eigenvalue weighted by atomic mass is 9.98. The molecule has 6 nitrogen and oxygen atoms in total. The van der Waals surface area contributed by atoms with Crippen molar-refractivity contribution in [2.75, 3.05) is 26.2 Å². The van der Waals surface area contributed by atoms with E-state index in [1.807, 2.05) is 0 Å². The summed E-state index contributed by atoms with van der Waals surface area (Å²) in [6.07, 6.45) is 1.62. The molecule has 0 aliphatic carbocycles. The quantitative estimate of drug-likeness (QED) is 0.678. The molecule has 0 spiro atoms. The summed E-state index contributed by atoms with van der Waals surface area (Å²) in [6.45, 7) is 7.55. The first-order valence-corrected chi connectivity index (χ1v) is 12.0. The third-order valence-electron chi connectivity index (χ3n) is 4.03. The Morgan fingerprint density at radius 3 is 2.31 bits per heavy atom. The highest BCUT2D eigenvalue weighted by Gasteiger charge is 2.32. The molecule has 0 N–H and O–H groups in total.